The van der Waals surface area contributed by atoms with Gasteiger partial charge in [0.2, 0.25) is 43.6 Å². The second kappa shape index (κ2) is 26.5. The number of carbonyl (C=O) groups is 2. The zero-order valence-corrected chi connectivity index (χ0v) is 55.1. The number of carbonyl (C=O) groups excluding carboxylic acids is 2. The molecule has 0 spiro atoms. The van der Waals surface area contributed by atoms with Crippen LogP contribution in [-0.2, 0) is 20.0 Å². The molecule has 0 unspecified atom stereocenters. The lowest BCUT2D eigenvalue weighted by Crippen LogP contribution is -2.53. The average molecular weight is 1240 g/mol. The molecule has 84 heavy (non-hydrogen) atoms. The number of rotatable bonds is 24. The predicted octanol–water partition coefficient (Wildman–Crippen LogP) is 8.95. The summed E-state index contributed by atoms with van der Waals surface area (Å²) in [6.07, 6.45) is 1.55. The minimum absolute atomic E-state index is 0.0605. The number of nitrogens with zero attached hydrogens (tertiary/aromatic N) is 12. The maximum atomic E-state index is 14.3. The number of urea groups is 2. The zero-order chi connectivity index (χ0) is 61.6. The summed E-state index contributed by atoms with van der Waals surface area (Å²) < 4.78 is 97.6. The number of anilines is 2. The number of sulfonamides is 2. The summed E-state index contributed by atoms with van der Waals surface area (Å²) in [5, 5.41) is 17.8. The Morgan fingerprint density at radius 1 is 0.548 bits per heavy atom. The van der Waals surface area contributed by atoms with E-state index in [9.17, 15) is 26.4 Å². The number of methoxy groups -OCH3 is 4. The Morgan fingerprint density at radius 3 is 1.17 bits per heavy atom. The number of aromatic nitrogens is 6. The van der Waals surface area contributed by atoms with E-state index >= 15 is 0 Å². The number of hydrogen-bond acceptors (Lipinski definition) is 16. The molecule has 8 rings (SSSR count). The summed E-state index contributed by atoms with van der Waals surface area (Å²) in [5.74, 6) is 4.18. The number of benzene rings is 2. The van der Waals surface area contributed by atoms with Gasteiger partial charge in [-0.15, -0.1) is 20.4 Å². The first-order chi connectivity index (χ1) is 39.5. The Morgan fingerprint density at radius 2 is 0.881 bits per heavy atom. The maximum Gasteiger partial charge on any atom is 0.320 e. The molecule has 4 aromatic heterocycles. The number of hydrogen-bond donors (Lipinski definition) is 0. The third kappa shape index (κ3) is 14.7. The van der Waals surface area contributed by atoms with E-state index in [0.29, 0.717) is 94.2 Å². The predicted molar refractivity (Wildman–Crippen MR) is 330 cm³/mol. The van der Waals surface area contributed by atoms with Crippen molar-refractivity contribution < 1.29 is 54.2 Å². The highest BCUT2D eigenvalue weighted by molar-refractivity contribution is 7.93. The largest absolute Gasteiger partial charge is 0.494 e. The highest BCUT2D eigenvalue weighted by Crippen LogP contribution is 2.42. The van der Waals surface area contributed by atoms with Gasteiger partial charge in [-0.05, 0) is 101 Å². The Balaban J connectivity index is 0.000000241. The van der Waals surface area contributed by atoms with Gasteiger partial charge in [-0.2, -0.15) is 0 Å². The molecule has 2 aliphatic heterocycles. The Bertz CT molecular complexity index is 3210. The second-order valence-corrected chi connectivity index (χ2v) is 38.9. The molecule has 24 nitrogen and oxygen atoms in total. The lowest BCUT2D eigenvalue weighted by Gasteiger charge is -2.38. The van der Waals surface area contributed by atoms with Crippen LogP contribution >= 0.6 is 0 Å². The highest BCUT2D eigenvalue weighted by Gasteiger charge is 2.38. The second-order valence-electron chi connectivity index (χ2n) is 23.6. The van der Waals surface area contributed by atoms with Crippen molar-refractivity contribution in [1.29, 1.82) is 0 Å². The van der Waals surface area contributed by atoms with Gasteiger partial charge >= 0.3 is 12.1 Å². The van der Waals surface area contributed by atoms with E-state index in [1.54, 1.807) is 103 Å². The molecule has 0 radical (unpaired) electrons. The van der Waals surface area contributed by atoms with Crippen LogP contribution < -0.4 is 27.6 Å². The van der Waals surface area contributed by atoms with Gasteiger partial charge < -0.3 is 47.4 Å². The molecule has 0 saturated carbocycles. The van der Waals surface area contributed by atoms with Crippen molar-refractivity contribution in [2.24, 2.45) is 0 Å². The topological polar surface area (TPSA) is 246 Å². The van der Waals surface area contributed by atoms with Crippen LogP contribution in [0.25, 0.3) is 34.5 Å². The zero-order valence-electron chi connectivity index (χ0n) is 51.5. The van der Waals surface area contributed by atoms with Crippen molar-refractivity contribution in [2.75, 3.05) is 102 Å². The molecule has 4 amide bonds. The SMILES string of the molecule is COc1cccc(OC)c1-n1c(-c2ccc(C)o2)nnc1N(CC[Si](C)(C)C)S(=O)(=O)CCN1C(=O)N(C)CC[C@@H]1C.COc1cccc(OC)c1-n1c(-c2ccc(C)o2)nnc1N(CC[Si](C)(C)C)S(=O)(=O)CCN1C(=O)N(C)CC[C@H]1C. The third-order valence-corrected chi connectivity index (χ3v) is 21.7. The van der Waals surface area contributed by atoms with E-state index < -0.39 is 36.2 Å². The number of furan rings is 2. The first-order valence-corrected chi connectivity index (χ1v) is 38.7. The van der Waals surface area contributed by atoms with Crippen LogP contribution in [0.5, 0.6) is 23.0 Å². The smallest absolute Gasteiger partial charge is 0.320 e. The van der Waals surface area contributed by atoms with Crippen LogP contribution in [-0.4, -0.2) is 200 Å². The van der Waals surface area contributed by atoms with E-state index in [2.05, 4.69) is 59.7 Å². The molecule has 2 fully saturated rings. The van der Waals surface area contributed by atoms with Crippen molar-refractivity contribution in [3.05, 3.63) is 72.2 Å². The first-order valence-electron chi connectivity index (χ1n) is 28.1. The summed E-state index contributed by atoms with van der Waals surface area (Å²) >= 11 is 0. The number of ether oxygens (including phenoxy) is 4. The molecule has 2 aromatic carbocycles. The fraction of sp³-hybridized carbons (Fsp3) is 0.536. The van der Waals surface area contributed by atoms with E-state index in [1.807, 2.05) is 27.7 Å². The lowest BCUT2D eigenvalue weighted by molar-refractivity contribution is 0.118. The molecule has 0 bridgehead atoms. The fourth-order valence-electron chi connectivity index (χ4n) is 9.78. The summed E-state index contributed by atoms with van der Waals surface area (Å²) in [6.45, 7) is 22.5. The van der Waals surface area contributed by atoms with Gasteiger partial charge in [0.15, 0.2) is 11.5 Å². The monoisotopic (exact) mass is 1240 g/mol. The van der Waals surface area contributed by atoms with Gasteiger partial charge in [0.1, 0.15) is 45.9 Å². The Hall–Kier alpha value is -7.05. The maximum absolute atomic E-state index is 14.3. The lowest BCUT2D eigenvalue weighted by atomic mass is 10.1. The van der Waals surface area contributed by atoms with E-state index in [1.165, 1.54) is 37.0 Å². The van der Waals surface area contributed by atoms with Crippen molar-refractivity contribution in [1.82, 2.24) is 49.1 Å². The highest BCUT2D eigenvalue weighted by atomic mass is 32.2. The summed E-state index contributed by atoms with van der Waals surface area (Å²) in [7, 11) is -1.78. The Kier molecular flexibility index (Phi) is 20.3. The minimum Gasteiger partial charge on any atom is -0.494 e. The van der Waals surface area contributed by atoms with Gasteiger partial charge in [-0.25, -0.2) is 35.0 Å². The van der Waals surface area contributed by atoms with Crippen molar-refractivity contribution in [3.63, 3.8) is 0 Å². The van der Waals surface area contributed by atoms with Crippen LogP contribution in [0.2, 0.25) is 51.4 Å². The summed E-state index contributed by atoms with van der Waals surface area (Å²) in [6, 6.07) is 18.7. The van der Waals surface area contributed by atoms with Gasteiger partial charge in [0.25, 0.3) is 0 Å². The van der Waals surface area contributed by atoms with Crippen molar-refractivity contribution >= 4 is 60.2 Å². The van der Waals surface area contributed by atoms with Crippen molar-refractivity contribution in [3.8, 4) is 57.5 Å². The molecule has 6 heterocycles. The molecule has 2 atom stereocenters. The normalized spacial score (nSPS) is 16.2. The number of aryl methyl sites for hydroxylation is 2. The summed E-state index contributed by atoms with van der Waals surface area (Å²) in [4.78, 5) is 32.3. The Labute approximate surface area is 496 Å². The fourth-order valence-corrected chi connectivity index (χ4v) is 14.7. The number of para-hydroxylation sites is 2. The quantitative estimate of drug-likeness (QED) is 0.0513. The molecule has 0 aliphatic carbocycles. The van der Waals surface area contributed by atoms with E-state index in [4.69, 9.17) is 27.8 Å². The molecule has 6 aromatic rings. The average Bonchev–Trinajstić information content (AvgIpc) is 1.88. The molecular weight excluding hydrogens is 1150 g/mol. The molecule has 460 valence electrons. The van der Waals surface area contributed by atoms with Gasteiger partial charge in [-0.1, -0.05) is 51.4 Å². The molecular formula is C56H84N12O12S2Si2. The molecule has 2 saturated heterocycles. The van der Waals surface area contributed by atoms with Crippen LogP contribution in [0.3, 0.4) is 0 Å². The van der Waals surface area contributed by atoms with Gasteiger partial charge in [0, 0.05) is 81.6 Å². The molecule has 28 heteroatoms. The van der Waals surface area contributed by atoms with Crippen LogP contribution in [0.1, 0.15) is 38.2 Å². The molecule has 2 aliphatic rings. The van der Waals surface area contributed by atoms with Crippen LogP contribution in [0, 0.1) is 13.8 Å². The van der Waals surface area contributed by atoms with Crippen LogP contribution in [0.4, 0.5) is 21.5 Å². The third-order valence-electron chi connectivity index (χ3n) is 14.9. The van der Waals surface area contributed by atoms with Crippen molar-refractivity contribution in [2.45, 2.75) is 104 Å². The van der Waals surface area contributed by atoms with E-state index in [-0.39, 0.29) is 73.7 Å². The van der Waals surface area contributed by atoms with E-state index in [0.717, 1.165) is 12.8 Å². The number of amides is 4. The first kappa shape index (κ1) is 64.5. The van der Waals surface area contributed by atoms with Gasteiger partial charge in [-0.3, -0.25) is 9.13 Å². The van der Waals surface area contributed by atoms with Gasteiger partial charge in [0.05, 0.1) is 39.9 Å². The minimum atomic E-state index is -3.99. The molecule has 0 N–H and O–H groups in total. The summed E-state index contributed by atoms with van der Waals surface area (Å²) in [5.41, 5.74) is 0.891. The standard InChI is InChI=1S/2C28H42N6O6SSi/c2*1-20-14-15-31(3)28(35)32(20)16-18-41(36,37)33(17-19-42(6,7)8)27-30-29-26(24-13-12-21(2)40-24)34(27)25-22(38-4)10-9-11-23(25)39-5/h2*9-13,20H,14-19H2,1-8H3/t2*20-/m10/s1. The van der Waals surface area contributed by atoms with Crippen LogP contribution in [0.15, 0.2) is 69.5 Å².